The molecule has 2 saturated heterocycles. The van der Waals surface area contributed by atoms with Crippen LogP contribution in [0.1, 0.15) is 11.1 Å². The number of aromatic nitrogens is 4. The molecule has 4 heterocycles. The first-order valence-electron chi connectivity index (χ1n) is 24.2. The Labute approximate surface area is 446 Å². The van der Waals surface area contributed by atoms with E-state index in [9.17, 15) is 9.59 Å². The number of nitrogens with zero attached hydrogens (tertiary/aromatic N) is 8. The summed E-state index contributed by atoms with van der Waals surface area (Å²) in [6.45, 7) is 16.8. The van der Waals surface area contributed by atoms with Crippen molar-refractivity contribution in [2.24, 2.45) is 0 Å². The molecule has 392 valence electrons. The molecule has 2 fully saturated rings. The first-order chi connectivity index (χ1) is 36.4. The van der Waals surface area contributed by atoms with Crippen molar-refractivity contribution in [1.82, 2.24) is 29.7 Å². The molecule has 4 aromatic carbocycles. The summed E-state index contributed by atoms with van der Waals surface area (Å²) in [6.07, 6.45) is 3.97. The van der Waals surface area contributed by atoms with E-state index in [2.05, 4.69) is 90.7 Å². The first kappa shape index (κ1) is 53.3. The third kappa shape index (κ3) is 14.0. The number of piperazine rings is 2. The number of ether oxygens (including phenoxy) is 3. The van der Waals surface area contributed by atoms with Crippen molar-refractivity contribution in [3.05, 3.63) is 132 Å². The lowest BCUT2D eigenvalue weighted by atomic mass is 10.2. The van der Waals surface area contributed by atoms with Gasteiger partial charge in [0.25, 0.3) is 0 Å². The molecule has 6 aromatic rings. The second-order valence-corrected chi connectivity index (χ2v) is 18.3. The monoisotopic (exact) mass is 1060 g/mol. The third-order valence-corrected chi connectivity index (χ3v) is 13.3. The maximum absolute atomic E-state index is 11.8. The summed E-state index contributed by atoms with van der Waals surface area (Å²) in [5, 5.41) is 19.1. The molecule has 22 heteroatoms. The second-order valence-electron chi connectivity index (χ2n) is 17.5. The van der Waals surface area contributed by atoms with Gasteiger partial charge in [0.1, 0.15) is 33.1 Å². The van der Waals surface area contributed by atoms with Gasteiger partial charge in [-0.15, -0.1) is 0 Å². The van der Waals surface area contributed by atoms with E-state index >= 15 is 0 Å². The Kier molecular flexibility index (Phi) is 17.9. The molecule has 2 aliphatic heterocycles. The minimum Gasteiger partial charge on any atom is -0.494 e. The highest BCUT2D eigenvalue weighted by molar-refractivity contribution is 6.35. The number of nitrogens with one attached hydrogen (secondary N) is 6. The molecule has 2 aliphatic rings. The van der Waals surface area contributed by atoms with Crippen LogP contribution in [0.25, 0.3) is 0 Å². The summed E-state index contributed by atoms with van der Waals surface area (Å²) < 4.78 is 17.6. The lowest BCUT2D eigenvalue weighted by molar-refractivity contribution is -0.112. The Hall–Kier alpha value is -8.04. The minimum absolute atomic E-state index is 0.115. The van der Waals surface area contributed by atoms with Gasteiger partial charge in [-0.3, -0.25) is 19.4 Å². The number of halogens is 2. The van der Waals surface area contributed by atoms with E-state index < -0.39 is 0 Å². The molecule has 20 nitrogen and oxygen atoms in total. The van der Waals surface area contributed by atoms with E-state index in [0.717, 1.165) is 87.9 Å². The van der Waals surface area contributed by atoms with Gasteiger partial charge < -0.3 is 61.6 Å². The van der Waals surface area contributed by atoms with Crippen LogP contribution in [0.2, 0.25) is 10.0 Å². The number of benzene rings is 4. The summed E-state index contributed by atoms with van der Waals surface area (Å²) in [4.78, 5) is 51.3. The summed E-state index contributed by atoms with van der Waals surface area (Å²) in [7, 11) is 4.93. The Bertz CT molecular complexity index is 3000. The van der Waals surface area contributed by atoms with Gasteiger partial charge in [-0.25, -0.2) is 4.98 Å². The number of carbonyl (C=O) groups excluding carboxylic acids is 2. The average Bonchev–Trinajstić information content (AvgIpc) is 3.43. The standard InChI is InChI=1S/C53H61Cl2N15O5/c1-6-46(71)60-36-12-8-10-34(26-36)31-57-50-39(54)33-59-52(65-50)63-41-29-45(75-5)42(30-44(41)74-4)70-24-20-68(21-25-70)17-16-67-18-22-69(23-19-67)38-14-15-40(43(28-38)73-3)62-53-64-49(56)48(55)51(66-53)58-32-35-11-9-13-37(27-35)61-47(72)7-2/h6-15,26-30,33H,1-2,16-25,31-32H2,3-5H3,(H,60,71)(H,61,72)(H2,57,59,63,65)(H4,56,58,62,64,66). The lowest BCUT2D eigenvalue weighted by Gasteiger charge is -2.39. The maximum atomic E-state index is 11.8. The zero-order chi connectivity index (χ0) is 52.8. The van der Waals surface area contributed by atoms with Crippen molar-refractivity contribution in [3.8, 4) is 17.2 Å². The van der Waals surface area contributed by atoms with Crippen LogP contribution in [0, 0.1) is 0 Å². The predicted molar refractivity (Wildman–Crippen MR) is 300 cm³/mol. The second kappa shape index (κ2) is 25.3. The summed E-state index contributed by atoms with van der Waals surface area (Å²) in [5.74, 6) is 2.83. The molecule has 0 aliphatic carbocycles. The average molecular weight is 1060 g/mol. The summed E-state index contributed by atoms with van der Waals surface area (Å²) in [6, 6.07) is 24.8. The Morgan fingerprint density at radius 3 is 1.77 bits per heavy atom. The molecular weight excluding hydrogens is 998 g/mol. The van der Waals surface area contributed by atoms with E-state index in [0.29, 0.717) is 75.7 Å². The normalized spacial score (nSPS) is 13.8. The zero-order valence-corrected chi connectivity index (χ0v) is 43.6. The van der Waals surface area contributed by atoms with Crippen molar-refractivity contribution in [2.75, 3.05) is 134 Å². The Balaban J connectivity index is 0.802. The molecular formula is C53H61Cl2N15O5. The van der Waals surface area contributed by atoms with E-state index in [4.69, 9.17) is 43.1 Å². The number of anilines is 11. The molecule has 8 rings (SSSR count). The summed E-state index contributed by atoms with van der Waals surface area (Å²) >= 11 is 13.0. The van der Waals surface area contributed by atoms with E-state index in [-0.39, 0.29) is 28.6 Å². The van der Waals surface area contributed by atoms with Gasteiger partial charge in [-0.2, -0.15) is 15.0 Å². The van der Waals surface area contributed by atoms with Crippen molar-refractivity contribution >= 4 is 98.5 Å². The van der Waals surface area contributed by atoms with Crippen molar-refractivity contribution in [3.63, 3.8) is 0 Å². The molecule has 0 saturated carbocycles. The van der Waals surface area contributed by atoms with E-state index in [1.807, 2.05) is 60.7 Å². The smallest absolute Gasteiger partial charge is 0.247 e. The Morgan fingerprint density at radius 2 is 1.19 bits per heavy atom. The number of hydrogen-bond acceptors (Lipinski definition) is 18. The molecule has 0 spiro atoms. The van der Waals surface area contributed by atoms with Gasteiger partial charge in [0.15, 0.2) is 11.6 Å². The number of nitrogen functional groups attached to an aromatic ring is 1. The largest absolute Gasteiger partial charge is 0.494 e. The van der Waals surface area contributed by atoms with Gasteiger partial charge in [0, 0.05) is 114 Å². The van der Waals surface area contributed by atoms with Gasteiger partial charge in [-0.1, -0.05) is 60.6 Å². The molecule has 0 radical (unpaired) electrons. The molecule has 8 N–H and O–H groups in total. The van der Waals surface area contributed by atoms with Crippen LogP contribution in [0.15, 0.2) is 110 Å². The van der Waals surface area contributed by atoms with Gasteiger partial charge in [-0.05, 0) is 59.7 Å². The highest BCUT2D eigenvalue weighted by Gasteiger charge is 2.25. The highest BCUT2D eigenvalue weighted by Crippen LogP contribution is 2.40. The van der Waals surface area contributed by atoms with Crippen LogP contribution < -0.4 is 61.6 Å². The van der Waals surface area contributed by atoms with Gasteiger partial charge in [0.2, 0.25) is 23.7 Å². The minimum atomic E-state index is -0.295. The molecule has 2 amide bonds. The zero-order valence-electron chi connectivity index (χ0n) is 42.1. The predicted octanol–water partition coefficient (Wildman–Crippen LogP) is 8.09. The quantitative estimate of drug-likeness (QED) is 0.0319. The first-order valence-corrected chi connectivity index (χ1v) is 25.0. The van der Waals surface area contributed by atoms with Crippen LogP contribution in [-0.4, -0.2) is 128 Å². The SMILES string of the molecule is C=CC(=O)Nc1cccc(CNc2nc(Nc3cc(OC)c(N4CCN(CCN5CCN(c6ccc(Nc7nc(N)c(Cl)c(NCc8cccc(NC(=O)C=C)c8)n7)c(OC)c6)CC5)CC4)cc3OC)ncc2Cl)c1. The van der Waals surface area contributed by atoms with Gasteiger partial charge >= 0.3 is 0 Å². The molecule has 0 unspecified atom stereocenters. The van der Waals surface area contributed by atoms with Crippen LogP contribution >= 0.6 is 23.2 Å². The van der Waals surface area contributed by atoms with Crippen LogP contribution in [0.3, 0.4) is 0 Å². The fourth-order valence-corrected chi connectivity index (χ4v) is 8.95. The van der Waals surface area contributed by atoms with Gasteiger partial charge in [0.05, 0.1) is 44.6 Å². The van der Waals surface area contributed by atoms with Crippen LogP contribution in [-0.2, 0) is 22.7 Å². The lowest BCUT2D eigenvalue weighted by Crippen LogP contribution is -2.51. The number of rotatable bonds is 22. The topological polar surface area (TPSA) is 225 Å². The number of methoxy groups -OCH3 is 3. The van der Waals surface area contributed by atoms with E-state index in [1.54, 1.807) is 33.5 Å². The molecule has 75 heavy (non-hydrogen) atoms. The number of amides is 2. The molecule has 0 atom stereocenters. The third-order valence-electron chi connectivity index (χ3n) is 12.7. The Morgan fingerprint density at radius 1 is 0.640 bits per heavy atom. The van der Waals surface area contributed by atoms with Crippen molar-refractivity contribution in [1.29, 1.82) is 0 Å². The van der Waals surface area contributed by atoms with Crippen molar-refractivity contribution < 1.29 is 23.8 Å². The maximum Gasteiger partial charge on any atom is 0.247 e. The number of hydrogen-bond donors (Lipinski definition) is 7. The van der Waals surface area contributed by atoms with E-state index in [1.165, 1.54) is 18.3 Å². The molecule has 0 bridgehead atoms. The van der Waals surface area contributed by atoms with Crippen LogP contribution in [0.4, 0.5) is 63.5 Å². The van der Waals surface area contributed by atoms with Crippen molar-refractivity contribution in [2.45, 2.75) is 13.1 Å². The fraction of sp³-hybridized carbons (Fsp3) is 0.283. The fourth-order valence-electron chi connectivity index (χ4n) is 8.64. The molecule has 2 aromatic heterocycles. The van der Waals surface area contributed by atoms with Crippen LogP contribution in [0.5, 0.6) is 17.2 Å². The number of carbonyl (C=O) groups is 2. The number of nitrogens with two attached hydrogens (primary N) is 1. The summed E-state index contributed by atoms with van der Waals surface area (Å²) in [5.41, 5.74) is 12.6. The highest BCUT2D eigenvalue weighted by atomic mass is 35.5.